The highest BCUT2D eigenvalue weighted by Crippen LogP contribution is 2.32. The summed E-state index contributed by atoms with van der Waals surface area (Å²) < 4.78 is 16.4. The normalized spacial score (nSPS) is 13.3. The van der Waals surface area contributed by atoms with Crippen molar-refractivity contribution in [1.82, 2.24) is 10.1 Å². The maximum absolute atomic E-state index is 9.51. The molecule has 2 aromatic carbocycles. The average molecular weight is 345 g/mol. The molecule has 0 amide bonds. The molecule has 1 aliphatic heterocycles. The van der Waals surface area contributed by atoms with Gasteiger partial charge in [-0.15, -0.1) is 0 Å². The van der Waals surface area contributed by atoms with Crippen LogP contribution in [0.5, 0.6) is 11.5 Å². The minimum Gasteiger partial charge on any atom is -0.486 e. The van der Waals surface area contributed by atoms with Gasteiger partial charge in [-0.1, -0.05) is 35.5 Å². The fraction of sp³-hybridized carbons (Fsp3) is 0.150. The van der Waals surface area contributed by atoms with Gasteiger partial charge >= 0.3 is 0 Å². The van der Waals surface area contributed by atoms with Crippen LogP contribution in [0.4, 0.5) is 0 Å². The molecule has 0 N–H and O–H groups in total. The van der Waals surface area contributed by atoms with Crippen LogP contribution in [-0.2, 0) is 0 Å². The SMILES string of the molecule is Cc1ccccc1-c1noc(/C(C#N)=C\c2ccc3c(c2)OCCO3)n1. The van der Waals surface area contributed by atoms with Gasteiger partial charge in [-0.3, -0.25) is 0 Å². The lowest BCUT2D eigenvalue weighted by molar-refractivity contribution is 0.171. The van der Waals surface area contributed by atoms with E-state index in [0.717, 1.165) is 16.7 Å². The zero-order valence-electron chi connectivity index (χ0n) is 14.1. The smallest absolute Gasteiger partial charge is 0.268 e. The number of aryl methyl sites for hydroxylation is 1. The molecule has 6 nitrogen and oxygen atoms in total. The van der Waals surface area contributed by atoms with Crippen molar-refractivity contribution in [3.05, 3.63) is 59.5 Å². The Hall–Kier alpha value is -3.59. The van der Waals surface area contributed by atoms with Crippen LogP contribution in [0.1, 0.15) is 17.0 Å². The fourth-order valence-corrected chi connectivity index (χ4v) is 2.72. The lowest BCUT2D eigenvalue weighted by Crippen LogP contribution is -2.15. The van der Waals surface area contributed by atoms with Gasteiger partial charge in [-0.2, -0.15) is 10.2 Å². The van der Waals surface area contributed by atoms with Gasteiger partial charge < -0.3 is 14.0 Å². The van der Waals surface area contributed by atoms with Crippen LogP contribution in [0, 0.1) is 18.3 Å². The standard InChI is InChI=1S/C20H15N3O3/c1-13-4-2-3-5-16(13)19-22-20(26-23-19)15(12-21)10-14-6-7-17-18(11-14)25-9-8-24-17/h2-7,10-11H,8-9H2,1H3/b15-10-. The zero-order chi connectivity index (χ0) is 17.9. The van der Waals surface area contributed by atoms with Crippen molar-refractivity contribution in [3.63, 3.8) is 0 Å². The van der Waals surface area contributed by atoms with Crippen molar-refractivity contribution in [2.24, 2.45) is 0 Å². The highest BCUT2D eigenvalue weighted by atomic mass is 16.6. The number of rotatable bonds is 3. The molecule has 0 spiro atoms. The molecule has 2 heterocycles. The molecule has 3 aromatic rings. The molecular formula is C20H15N3O3. The summed E-state index contributed by atoms with van der Waals surface area (Å²) >= 11 is 0. The first-order chi connectivity index (χ1) is 12.7. The number of benzene rings is 2. The van der Waals surface area contributed by atoms with E-state index < -0.39 is 0 Å². The van der Waals surface area contributed by atoms with Gasteiger partial charge in [0.15, 0.2) is 11.5 Å². The Bertz CT molecular complexity index is 1030. The Balaban J connectivity index is 1.67. The first-order valence-electron chi connectivity index (χ1n) is 8.16. The molecule has 26 heavy (non-hydrogen) atoms. The predicted molar refractivity (Wildman–Crippen MR) is 95.4 cm³/mol. The van der Waals surface area contributed by atoms with Crippen LogP contribution in [0.3, 0.4) is 0 Å². The van der Waals surface area contributed by atoms with E-state index in [-0.39, 0.29) is 11.5 Å². The topological polar surface area (TPSA) is 81.2 Å². The molecule has 0 atom stereocenters. The van der Waals surface area contributed by atoms with Crippen molar-refractivity contribution in [2.45, 2.75) is 6.92 Å². The number of fused-ring (bicyclic) bond motifs is 1. The highest BCUT2D eigenvalue weighted by molar-refractivity contribution is 5.87. The molecule has 0 bridgehead atoms. The summed E-state index contributed by atoms with van der Waals surface area (Å²) in [5.74, 6) is 2.00. The summed E-state index contributed by atoms with van der Waals surface area (Å²) in [7, 11) is 0. The number of nitrogens with zero attached hydrogens (tertiary/aromatic N) is 3. The van der Waals surface area contributed by atoms with Crippen molar-refractivity contribution in [1.29, 1.82) is 5.26 Å². The lowest BCUT2D eigenvalue weighted by atomic mass is 10.1. The molecule has 0 saturated heterocycles. The van der Waals surface area contributed by atoms with Crippen LogP contribution >= 0.6 is 0 Å². The van der Waals surface area contributed by atoms with Gasteiger partial charge in [0.05, 0.1) is 0 Å². The summed E-state index contributed by atoms with van der Waals surface area (Å²) in [4.78, 5) is 4.37. The second-order valence-corrected chi connectivity index (χ2v) is 5.81. The average Bonchev–Trinajstić information content (AvgIpc) is 3.16. The van der Waals surface area contributed by atoms with Crippen LogP contribution in [0.15, 0.2) is 47.0 Å². The highest BCUT2D eigenvalue weighted by Gasteiger charge is 2.15. The molecule has 4 rings (SSSR count). The van der Waals surface area contributed by atoms with Crippen molar-refractivity contribution < 1.29 is 14.0 Å². The first-order valence-corrected chi connectivity index (χ1v) is 8.16. The number of allylic oxidation sites excluding steroid dienone is 1. The Morgan fingerprint density at radius 2 is 1.92 bits per heavy atom. The number of aromatic nitrogens is 2. The summed E-state index contributed by atoms with van der Waals surface area (Å²) in [5.41, 5.74) is 2.99. The van der Waals surface area contributed by atoms with Crippen molar-refractivity contribution >= 4 is 11.6 Å². The number of ether oxygens (including phenoxy) is 2. The first kappa shape index (κ1) is 15.9. The van der Waals surface area contributed by atoms with E-state index in [9.17, 15) is 5.26 Å². The quantitative estimate of drug-likeness (QED) is 0.670. The molecule has 1 aromatic heterocycles. The summed E-state index contributed by atoms with van der Waals surface area (Å²) in [6, 6.07) is 15.4. The van der Waals surface area contributed by atoms with Gasteiger partial charge in [0.2, 0.25) is 5.82 Å². The van der Waals surface area contributed by atoms with E-state index in [4.69, 9.17) is 14.0 Å². The third-order valence-corrected chi connectivity index (χ3v) is 4.04. The largest absolute Gasteiger partial charge is 0.486 e. The van der Waals surface area contributed by atoms with E-state index in [1.165, 1.54) is 0 Å². The molecule has 0 unspecified atom stereocenters. The molecule has 128 valence electrons. The van der Waals surface area contributed by atoms with E-state index in [0.29, 0.717) is 30.5 Å². The van der Waals surface area contributed by atoms with Crippen molar-refractivity contribution in [3.8, 4) is 29.0 Å². The monoisotopic (exact) mass is 345 g/mol. The Morgan fingerprint density at radius 3 is 2.73 bits per heavy atom. The maximum atomic E-state index is 9.51. The van der Waals surface area contributed by atoms with E-state index in [1.807, 2.05) is 49.4 Å². The molecule has 6 heteroatoms. The molecule has 0 saturated carbocycles. The zero-order valence-corrected chi connectivity index (χ0v) is 14.1. The van der Waals surface area contributed by atoms with Gasteiger partial charge in [0.25, 0.3) is 5.89 Å². The van der Waals surface area contributed by atoms with E-state index >= 15 is 0 Å². The number of nitriles is 1. The molecule has 1 aliphatic rings. The summed E-state index contributed by atoms with van der Waals surface area (Å²) in [6.45, 7) is 3.02. The van der Waals surface area contributed by atoms with Crippen LogP contribution in [-0.4, -0.2) is 23.4 Å². The second kappa shape index (κ2) is 6.73. The summed E-state index contributed by atoms with van der Waals surface area (Å²) in [5, 5.41) is 13.5. The minimum atomic E-state index is 0.181. The van der Waals surface area contributed by atoms with Crippen LogP contribution in [0.2, 0.25) is 0 Å². The van der Waals surface area contributed by atoms with Crippen molar-refractivity contribution in [2.75, 3.05) is 13.2 Å². The third kappa shape index (κ3) is 3.03. The molecular weight excluding hydrogens is 330 g/mol. The van der Waals surface area contributed by atoms with Crippen LogP contribution in [0.25, 0.3) is 23.0 Å². The van der Waals surface area contributed by atoms with E-state index in [1.54, 1.807) is 6.08 Å². The molecule has 0 aliphatic carbocycles. The number of hydrogen-bond donors (Lipinski definition) is 0. The Labute approximate surface area is 150 Å². The van der Waals surface area contributed by atoms with Gasteiger partial charge in [0.1, 0.15) is 24.9 Å². The Morgan fingerprint density at radius 1 is 1.12 bits per heavy atom. The second-order valence-electron chi connectivity index (χ2n) is 5.81. The third-order valence-electron chi connectivity index (χ3n) is 4.04. The van der Waals surface area contributed by atoms with Crippen LogP contribution < -0.4 is 9.47 Å². The van der Waals surface area contributed by atoms with Gasteiger partial charge in [0, 0.05) is 5.56 Å². The molecule has 0 fully saturated rings. The lowest BCUT2D eigenvalue weighted by Gasteiger charge is -2.18. The predicted octanol–water partition coefficient (Wildman–Crippen LogP) is 3.88. The fourth-order valence-electron chi connectivity index (χ4n) is 2.72. The van der Waals surface area contributed by atoms with E-state index in [2.05, 4.69) is 16.2 Å². The number of hydrogen-bond acceptors (Lipinski definition) is 6. The van der Waals surface area contributed by atoms with Gasteiger partial charge in [-0.05, 0) is 36.3 Å². The Kier molecular flexibility index (Phi) is 4.12. The minimum absolute atomic E-state index is 0.181. The van der Waals surface area contributed by atoms with Gasteiger partial charge in [-0.25, -0.2) is 0 Å². The molecule has 0 radical (unpaired) electrons. The summed E-state index contributed by atoms with van der Waals surface area (Å²) in [6.07, 6.45) is 1.69. The maximum Gasteiger partial charge on any atom is 0.268 e.